The normalized spacial score (nSPS) is 19.4. The Morgan fingerprint density at radius 2 is 1.55 bits per heavy atom. The van der Waals surface area contributed by atoms with Crippen LogP contribution in [-0.2, 0) is 12.8 Å². The van der Waals surface area contributed by atoms with Gasteiger partial charge in [0.15, 0.2) is 0 Å². The summed E-state index contributed by atoms with van der Waals surface area (Å²) in [6.07, 6.45) is 1.91. The maximum absolute atomic E-state index is 12.7. The lowest BCUT2D eigenvalue weighted by Crippen LogP contribution is -2.35. The smallest absolute Gasteiger partial charge is 0.0890 e. The molecule has 0 saturated carbocycles. The average molecular weight is 302 g/mol. The molecule has 0 aromatic heterocycles. The van der Waals surface area contributed by atoms with Crippen LogP contribution in [0.5, 0.6) is 0 Å². The van der Waals surface area contributed by atoms with Gasteiger partial charge in [-0.05, 0) is 36.1 Å². The number of fused-ring (bicyclic) bond motifs is 2. The van der Waals surface area contributed by atoms with Gasteiger partial charge in [0.1, 0.15) is 0 Å². The summed E-state index contributed by atoms with van der Waals surface area (Å²) in [7, 11) is 0. The first-order valence-electron chi connectivity index (χ1n) is 10.6. The van der Waals surface area contributed by atoms with Gasteiger partial charge in [-0.15, -0.1) is 0 Å². The van der Waals surface area contributed by atoms with E-state index in [1.807, 2.05) is 36.4 Å². The third-order valence-corrected chi connectivity index (χ3v) is 4.08. The average Bonchev–Trinajstić information content (AvgIpc) is 2.77. The van der Waals surface area contributed by atoms with E-state index in [1.54, 1.807) is 0 Å². The summed E-state index contributed by atoms with van der Waals surface area (Å²) in [4.78, 5) is 2.07. The second-order valence-corrected chi connectivity index (χ2v) is 5.73. The number of nitrogens with zero attached hydrogens (tertiary/aromatic N) is 2. The van der Waals surface area contributed by atoms with Crippen LogP contribution < -0.4 is 4.90 Å². The zero-order chi connectivity index (χ0) is 20.6. The minimum absolute atomic E-state index is 0.142. The summed E-state index contributed by atoms with van der Waals surface area (Å²) in [5, 5.41) is 12.7. The topological polar surface area (TPSA) is 26.3 Å². The van der Waals surface area contributed by atoms with Crippen molar-refractivity contribution < 1.29 is 12.9 Å². The lowest BCUT2D eigenvalue weighted by atomic mass is 10.0. The molecular weight excluding hydrogens is 272 g/mol. The molecule has 2 aromatic rings. The van der Waals surface area contributed by atoms with Crippen molar-refractivity contribution in [3.05, 3.63) is 64.9 Å². The Morgan fingerprint density at radius 3 is 2.09 bits per heavy atom. The SMILES string of the molecule is [2H]C([2H])([2H])[N+]([O-])(CCCN1c2ccccc2CCc2ccccc21)C([2H])([2H])[2H]. The number of hydrogen-bond donors (Lipinski definition) is 0. The van der Waals surface area contributed by atoms with Gasteiger partial charge < -0.3 is 14.8 Å². The highest BCUT2D eigenvalue weighted by molar-refractivity contribution is 5.71. The number of para-hydroxylation sites is 2. The van der Waals surface area contributed by atoms with Gasteiger partial charge >= 0.3 is 0 Å². The first-order chi connectivity index (χ1) is 13.0. The van der Waals surface area contributed by atoms with Crippen molar-refractivity contribution in [1.29, 1.82) is 0 Å². The molecule has 1 aliphatic rings. The van der Waals surface area contributed by atoms with E-state index in [-0.39, 0.29) is 6.42 Å². The van der Waals surface area contributed by atoms with Crippen LogP contribution in [0, 0.1) is 5.21 Å². The van der Waals surface area contributed by atoms with Crippen LogP contribution in [0.15, 0.2) is 48.5 Å². The molecule has 3 heteroatoms. The van der Waals surface area contributed by atoms with Crippen LogP contribution in [0.25, 0.3) is 0 Å². The number of aryl methyl sites for hydroxylation is 2. The van der Waals surface area contributed by atoms with Crippen molar-refractivity contribution in [2.24, 2.45) is 0 Å². The van der Waals surface area contributed by atoms with Crippen molar-refractivity contribution >= 4 is 11.4 Å². The Morgan fingerprint density at radius 1 is 1.00 bits per heavy atom. The Balaban J connectivity index is 1.88. The number of rotatable bonds is 4. The summed E-state index contributed by atoms with van der Waals surface area (Å²) in [6.45, 7) is -6.45. The molecule has 0 aliphatic carbocycles. The first kappa shape index (κ1) is 9.33. The standard InChI is InChI=1S/C19H24N2O/c1-21(2,22)15-7-14-20-18-10-5-3-8-16(18)12-13-17-9-4-6-11-19(17)20/h3-6,8-11H,7,12-15H2,1-2H3/i1D3,2D3. The first-order valence-corrected chi connectivity index (χ1v) is 7.57. The maximum atomic E-state index is 12.7. The summed E-state index contributed by atoms with van der Waals surface area (Å²) in [5.41, 5.74) is 4.37. The molecule has 0 N–H and O–H groups in total. The number of quaternary nitrogens is 1. The highest BCUT2D eigenvalue weighted by Gasteiger charge is 2.20. The quantitative estimate of drug-likeness (QED) is 0.633. The van der Waals surface area contributed by atoms with Gasteiger partial charge in [-0.25, -0.2) is 0 Å². The van der Waals surface area contributed by atoms with Gasteiger partial charge in [-0.3, -0.25) is 0 Å². The summed E-state index contributed by atoms with van der Waals surface area (Å²) in [5.74, 6) is 0. The van der Waals surface area contributed by atoms with Crippen LogP contribution in [0.1, 0.15) is 25.8 Å². The van der Waals surface area contributed by atoms with E-state index in [9.17, 15) is 5.21 Å². The van der Waals surface area contributed by atoms with Gasteiger partial charge in [0.05, 0.1) is 28.7 Å². The lowest BCUT2D eigenvalue weighted by molar-refractivity contribution is -0.840. The number of hydroxylamine groups is 3. The van der Waals surface area contributed by atoms with Gasteiger partial charge in [-0.2, -0.15) is 0 Å². The van der Waals surface area contributed by atoms with E-state index in [0.717, 1.165) is 24.2 Å². The van der Waals surface area contributed by atoms with Crippen LogP contribution in [0.2, 0.25) is 0 Å². The third-order valence-electron chi connectivity index (χ3n) is 4.08. The summed E-state index contributed by atoms with van der Waals surface area (Å²) >= 11 is 0. The fraction of sp³-hybridized carbons (Fsp3) is 0.368. The van der Waals surface area contributed by atoms with Gasteiger partial charge in [0, 0.05) is 24.3 Å². The zero-order valence-electron chi connectivity index (χ0n) is 18.5. The fourth-order valence-electron chi connectivity index (χ4n) is 3.06. The molecule has 0 saturated heterocycles. The molecule has 0 amide bonds. The minimum Gasteiger partial charge on any atom is -0.633 e. The fourth-order valence-corrected chi connectivity index (χ4v) is 3.06. The predicted octanol–water partition coefficient (Wildman–Crippen LogP) is 3.89. The molecule has 0 radical (unpaired) electrons. The molecule has 0 fully saturated rings. The Hall–Kier alpha value is -1.84. The summed E-state index contributed by atoms with van der Waals surface area (Å²) in [6, 6.07) is 16.0. The van der Waals surface area contributed by atoms with E-state index in [4.69, 9.17) is 8.22 Å². The molecule has 2 aromatic carbocycles. The molecule has 3 rings (SSSR count). The zero-order valence-corrected chi connectivity index (χ0v) is 12.5. The van der Waals surface area contributed by atoms with E-state index in [0.29, 0.717) is 6.54 Å². The highest BCUT2D eigenvalue weighted by atomic mass is 16.5. The third kappa shape index (κ3) is 3.32. The van der Waals surface area contributed by atoms with Crippen LogP contribution in [0.4, 0.5) is 11.4 Å². The van der Waals surface area contributed by atoms with Gasteiger partial charge in [-0.1, -0.05) is 36.4 Å². The molecular formula is C19H24N2O. The van der Waals surface area contributed by atoms with E-state index >= 15 is 0 Å². The highest BCUT2D eigenvalue weighted by Crippen LogP contribution is 2.35. The molecule has 0 atom stereocenters. The Labute approximate surface area is 141 Å². The lowest BCUT2D eigenvalue weighted by Gasteiger charge is -2.35. The maximum Gasteiger partial charge on any atom is 0.0890 e. The molecule has 22 heavy (non-hydrogen) atoms. The monoisotopic (exact) mass is 302 g/mol. The molecule has 0 spiro atoms. The second kappa shape index (κ2) is 6.11. The van der Waals surface area contributed by atoms with E-state index < -0.39 is 25.1 Å². The van der Waals surface area contributed by atoms with E-state index in [2.05, 4.69) is 17.0 Å². The van der Waals surface area contributed by atoms with Crippen molar-refractivity contribution in [3.63, 3.8) is 0 Å². The van der Waals surface area contributed by atoms with E-state index in [1.165, 1.54) is 11.1 Å². The van der Waals surface area contributed by atoms with Gasteiger partial charge in [0.2, 0.25) is 0 Å². The molecule has 0 unspecified atom stereocenters. The Kier molecular flexibility index (Phi) is 2.59. The van der Waals surface area contributed by atoms with Crippen LogP contribution >= 0.6 is 0 Å². The van der Waals surface area contributed by atoms with Crippen LogP contribution in [-0.4, -0.2) is 31.7 Å². The van der Waals surface area contributed by atoms with Gasteiger partial charge in [0.25, 0.3) is 0 Å². The van der Waals surface area contributed by atoms with Crippen molar-refractivity contribution in [2.45, 2.75) is 19.3 Å². The number of benzene rings is 2. The number of hydrogen-bond acceptors (Lipinski definition) is 2. The van der Waals surface area contributed by atoms with Crippen molar-refractivity contribution in [3.8, 4) is 0 Å². The van der Waals surface area contributed by atoms with Crippen LogP contribution in [0.3, 0.4) is 0 Å². The molecule has 3 nitrogen and oxygen atoms in total. The van der Waals surface area contributed by atoms with Crippen molar-refractivity contribution in [1.82, 2.24) is 0 Å². The molecule has 1 heterocycles. The summed E-state index contributed by atoms with van der Waals surface area (Å²) < 4.78 is 42.5. The largest absolute Gasteiger partial charge is 0.633 e. The second-order valence-electron chi connectivity index (χ2n) is 5.73. The number of anilines is 2. The molecule has 1 aliphatic heterocycles. The predicted molar refractivity (Wildman–Crippen MR) is 92.3 cm³/mol. The minimum atomic E-state index is -3.15. The van der Waals surface area contributed by atoms with Crippen molar-refractivity contribution in [2.75, 3.05) is 31.9 Å². The Bertz CT molecular complexity index is 772. The molecule has 0 bridgehead atoms. The molecule has 116 valence electrons.